The zero-order chi connectivity index (χ0) is 13.1. The van der Waals surface area contributed by atoms with Gasteiger partial charge in [0.15, 0.2) is 0 Å². The van der Waals surface area contributed by atoms with Gasteiger partial charge in [-0.15, -0.1) is 0 Å². The molecule has 1 saturated heterocycles. The number of hydrogen-bond donors (Lipinski definition) is 2. The molecule has 2 aliphatic heterocycles. The Morgan fingerprint density at radius 3 is 2.78 bits per heavy atom. The van der Waals surface area contributed by atoms with Crippen LogP contribution < -0.4 is 10.6 Å². The monoisotopic (exact) mass is 252 g/mol. The van der Waals surface area contributed by atoms with E-state index < -0.39 is 0 Å². The molecule has 2 heterocycles. The van der Waals surface area contributed by atoms with Crippen molar-refractivity contribution in [3.8, 4) is 0 Å². The Hall–Kier alpha value is -1.92. The van der Waals surface area contributed by atoms with Crippen molar-refractivity contribution in [2.45, 2.75) is 31.7 Å². The van der Waals surface area contributed by atoms with Crippen LogP contribution in [0, 0.1) is 0 Å². The number of nitrogens with one attached hydrogen (secondary N) is 2. The summed E-state index contributed by atoms with van der Waals surface area (Å²) in [5, 5.41) is 10.7. The van der Waals surface area contributed by atoms with Crippen LogP contribution in [-0.2, 0) is 14.4 Å². The van der Waals surface area contributed by atoms with Crippen LogP contribution in [0.5, 0.6) is 0 Å². The van der Waals surface area contributed by atoms with Gasteiger partial charge in [-0.05, 0) is 6.42 Å². The summed E-state index contributed by atoms with van der Waals surface area (Å²) in [5.74, 6) is -0.326. The fourth-order valence-corrected chi connectivity index (χ4v) is 1.96. The SMILES string of the molecule is CN1N=C(C(=O)NC2CCC(=O)NC2)CCC1=O. The average Bonchev–Trinajstić information content (AvgIpc) is 2.35. The van der Waals surface area contributed by atoms with Gasteiger partial charge in [0.1, 0.15) is 5.71 Å². The zero-order valence-electron chi connectivity index (χ0n) is 10.2. The van der Waals surface area contributed by atoms with E-state index in [1.165, 1.54) is 12.1 Å². The summed E-state index contributed by atoms with van der Waals surface area (Å²) in [6.45, 7) is 0.451. The van der Waals surface area contributed by atoms with Crippen molar-refractivity contribution in [1.29, 1.82) is 0 Å². The highest BCUT2D eigenvalue weighted by atomic mass is 16.2. The molecule has 2 N–H and O–H groups in total. The largest absolute Gasteiger partial charge is 0.354 e. The minimum atomic E-state index is -0.254. The molecule has 0 aromatic heterocycles. The number of carbonyl (C=O) groups excluding carboxylic acids is 3. The van der Waals surface area contributed by atoms with E-state index in [2.05, 4.69) is 15.7 Å². The van der Waals surface area contributed by atoms with Crippen molar-refractivity contribution in [3.05, 3.63) is 0 Å². The first-order chi connectivity index (χ1) is 8.56. The van der Waals surface area contributed by atoms with Gasteiger partial charge in [0.05, 0.1) is 0 Å². The topological polar surface area (TPSA) is 90.9 Å². The van der Waals surface area contributed by atoms with E-state index >= 15 is 0 Å². The Balaban J connectivity index is 1.90. The lowest BCUT2D eigenvalue weighted by atomic mass is 10.1. The van der Waals surface area contributed by atoms with Crippen molar-refractivity contribution in [2.75, 3.05) is 13.6 Å². The Morgan fingerprint density at radius 1 is 1.39 bits per heavy atom. The van der Waals surface area contributed by atoms with Gasteiger partial charge < -0.3 is 10.6 Å². The van der Waals surface area contributed by atoms with Crippen molar-refractivity contribution < 1.29 is 14.4 Å². The van der Waals surface area contributed by atoms with E-state index in [0.29, 0.717) is 37.9 Å². The number of carbonyl (C=O) groups is 3. The summed E-state index contributed by atoms with van der Waals surface area (Å²) in [6.07, 6.45) is 1.74. The van der Waals surface area contributed by atoms with Crippen molar-refractivity contribution in [3.63, 3.8) is 0 Å². The predicted octanol–water partition coefficient (Wildman–Crippen LogP) is -1.01. The number of amides is 3. The zero-order valence-corrected chi connectivity index (χ0v) is 10.2. The molecular weight excluding hydrogens is 236 g/mol. The van der Waals surface area contributed by atoms with Gasteiger partial charge in [0.25, 0.3) is 5.91 Å². The third-order valence-corrected chi connectivity index (χ3v) is 3.07. The van der Waals surface area contributed by atoms with Crippen LogP contribution in [0.2, 0.25) is 0 Å². The summed E-state index contributed by atoms with van der Waals surface area (Å²) in [5.41, 5.74) is 0.369. The van der Waals surface area contributed by atoms with E-state index in [4.69, 9.17) is 0 Å². The number of piperidine rings is 1. The number of nitrogens with zero attached hydrogens (tertiary/aromatic N) is 2. The van der Waals surface area contributed by atoms with Crippen LogP contribution in [-0.4, -0.2) is 48.1 Å². The molecule has 0 aromatic carbocycles. The molecule has 0 spiro atoms. The van der Waals surface area contributed by atoms with E-state index in [1.54, 1.807) is 0 Å². The van der Waals surface area contributed by atoms with Crippen LogP contribution in [0.3, 0.4) is 0 Å². The van der Waals surface area contributed by atoms with E-state index in [-0.39, 0.29) is 23.8 Å². The van der Waals surface area contributed by atoms with Gasteiger partial charge in [-0.25, -0.2) is 5.01 Å². The second kappa shape index (κ2) is 5.16. The second-order valence-corrected chi connectivity index (χ2v) is 4.48. The molecule has 98 valence electrons. The van der Waals surface area contributed by atoms with Crippen molar-refractivity contribution in [1.82, 2.24) is 15.6 Å². The van der Waals surface area contributed by atoms with Gasteiger partial charge in [-0.1, -0.05) is 0 Å². The molecule has 0 radical (unpaired) electrons. The molecule has 2 rings (SSSR count). The molecule has 3 amide bonds. The van der Waals surface area contributed by atoms with Crippen LogP contribution in [0.4, 0.5) is 0 Å². The first-order valence-corrected chi connectivity index (χ1v) is 5.98. The lowest BCUT2D eigenvalue weighted by molar-refractivity contribution is -0.130. The third kappa shape index (κ3) is 2.85. The molecule has 0 bridgehead atoms. The van der Waals surface area contributed by atoms with Gasteiger partial charge in [0, 0.05) is 38.9 Å². The maximum absolute atomic E-state index is 11.9. The lowest BCUT2D eigenvalue weighted by Gasteiger charge is -2.25. The maximum atomic E-state index is 11.9. The molecule has 0 saturated carbocycles. The van der Waals surface area contributed by atoms with Gasteiger partial charge >= 0.3 is 0 Å². The minimum absolute atomic E-state index is 0.0147. The van der Waals surface area contributed by atoms with Crippen LogP contribution in [0.15, 0.2) is 5.10 Å². The molecule has 7 heteroatoms. The number of rotatable bonds is 2. The summed E-state index contributed by atoms with van der Waals surface area (Å²) >= 11 is 0. The maximum Gasteiger partial charge on any atom is 0.267 e. The van der Waals surface area contributed by atoms with Gasteiger partial charge in [-0.2, -0.15) is 5.10 Å². The standard InChI is InChI=1S/C11H16N4O3/c1-15-10(17)5-3-8(14-15)11(18)13-7-2-4-9(16)12-6-7/h7H,2-6H2,1H3,(H,12,16)(H,13,18). The summed E-state index contributed by atoms with van der Waals surface area (Å²) < 4.78 is 0. The number of hydrogen-bond acceptors (Lipinski definition) is 4. The Morgan fingerprint density at radius 2 is 2.17 bits per heavy atom. The molecule has 18 heavy (non-hydrogen) atoms. The van der Waals surface area contributed by atoms with Crippen molar-refractivity contribution in [2.24, 2.45) is 5.10 Å². The van der Waals surface area contributed by atoms with Crippen LogP contribution in [0.25, 0.3) is 0 Å². The third-order valence-electron chi connectivity index (χ3n) is 3.07. The number of hydrazone groups is 1. The molecule has 1 atom stereocenters. The van der Waals surface area contributed by atoms with Gasteiger partial charge in [-0.3, -0.25) is 14.4 Å². The van der Waals surface area contributed by atoms with E-state index in [1.807, 2.05) is 0 Å². The summed E-state index contributed by atoms with van der Waals surface area (Å²) in [6, 6.07) is -0.0548. The smallest absolute Gasteiger partial charge is 0.267 e. The fourth-order valence-electron chi connectivity index (χ4n) is 1.96. The summed E-state index contributed by atoms with van der Waals surface area (Å²) in [7, 11) is 1.54. The molecule has 1 unspecified atom stereocenters. The normalized spacial score (nSPS) is 24.4. The molecule has 7 nitrogen and oxygen atoms in total. The highest BCUT2D eigenvalue weighted by molar-refractivity contribution is 6.39. The molecule has 0 aliphatic carbocycles. The quantitative estimate of drug-likeness (QED) is 0.659. The Bertz CT molecular complexity index is 409. The molecule has 2 aliphatic rings. The van der Waals surface area contributed by atoms with Crippen LogP contribution in [0.1, 0.15) is 25.7 Å². The second-order valence-electron chi connectivity index (χ2n) is 4.48. The van der Waals surface area contributed by atoms with E-state index in [0.717, 1.165) is 0 Å². The first-order valence-electron chi connectivity index (χ1n) is 5.98. The Labute approximate surface area is 105 Å². The average molecular weight is 252 g/mol. The minimum Gasteiger partial charge on any atom is -0.354 e. The van der Waals surface area contributed by atoms with E-state index in [9.17, 15) is 14.4 Å². The Kier molecular flexibility index (Phi) is 3.59. The lowest BCUT2D eigenvalue weighted by Crippen LogP contribution is -2.50. The highest BCUT2D eigenvalue weighted by Crippen LogP contribution is 2.08. The predicted molar refractivity (Wildman–Crippen MR) is 63.6 cm³/mol. The summed E-state index contributed by atoms with van der Waals surface area (Å²) in [4.78, 5) is 34.1. The van der Waals surface area contributed by atoms with Crippen LogP contribution >= 0.6 is 0 Å². The highest BCUT2D eigenvalue weighted by Gasteiger charge is 2.25. The molecule has 1 fully saturated rings. The molecular formula is C11H16N4O3. The fraction of sp³-hybridized carbons (Fsp3) is 0.636. The van der Waals surface area contributed by atoms with Gasteiger partial charge in [0.2, 0.25) is 11.8 Å². The van der Waals surface area contributed by atoms with Crippen molar-refractivity contribution >= 4 is 23.4 Å². The molecule has 0 aromatic rings. The first kappa shape index (κ1) is 12.5.